The van der Waals surface area contributed by atoms with Gasteiger partial charge in [0.1, 0.15) is 5.82 Å². The Morgan fingerprint density at radius 3 is 2.76 bits per heavy atom. The number of hydrogen-bond acceptors (Lipinski definition) is 3. The van der Waals surface area contributed by atoms with Crippen LogP contribution in [0.5, 0.6) is 0 Å². The van der Waals surface area contributed by atoms with E-state index in [0.29, 0.717) is 19.5 Å². The van der Waals surface area contributed by atoms with Gasteiger partial charge >= 0.3 is 5.97 Å². The van der Waals surface area contributed by atoms with Crippen LogP contribution in [0.25, 0.3) is 5.69 Å². The fourth-order valence-corrected chi connectivity index (χ4v) is 4.01. The first-order valence-electron chi connectivity index (χ1n) is 8.78. The van der Waals surface area contributed by atoms with E-state index in [4.69, 9.17) is 5.10 Å². The molecule has 1 aromatic carbocycles. The van der Waals surface area contributed by atoms with E-state index in [1.54, 1.807) is 12.1 Å². The average molecular weight is 343 g/mol. The molecule has 2 aliphatic rings. The summed E-state index contributed by atoms with van der Waals surface area (Å²) in [4.78, 5) is 13.6. The number of rotatable bonds is 4. The van der Waals surface area contributed by atoms with Crippen LogP contribution in [0, 0.1) is 11.2 Å². The van der Waals surface area contributed by atoms with Crippen LogP contribution in [0.3, 0.4) is 0 Å². The van der Waals surface area contributed by atoms with Gasteiger partial charge in [0.2, 0.25) is 0 Å². The Kier molecular flexibility index (Phi) is 3.87. The van der Waals surface area contributed by atoms with Crippen molar-refractivity contribution in [3.63, 3.8) is 0 Å². The molecule has 5 nitrogen and oxygen atoms in total. The molecule has 0 spiro atoms. The summed E-state index contributed by atoms with van der Waals surface area (Å²) in [6, 6.07) is 6.41. The Morgan fingerprint density at radius 2 is 2.08 bits per heavy atom. The molecule has 1 saturated heterocycles. The van der Waals surface area contributed by atoms with Crippen molar-refractivity contribution in [2.45, 2.75) is 39.2 Å². The summed E-state index contributed by atoms with van der Waals surface area (Å²) in [5.74, 6) is -0.977. The highest BCUT2D eigenvalue weighted by molar-refractivity contribution is 5.74. The second kappa shape index (κ2) is 5.95. The maximum Gasteiger partial charge on any atom is 0.310 e. The summed E-state index contributed by atoms with van der Waals surface area (Å²) in [6.45, 7) is 3.83. The molecular formula is C19H22FN3O2. The van der Waals surface area contributed by atoms with Gasteiger partial charge in [-0.1, -0.05) is 0 Å². The van der Waals surface area contributed by atoms with Crippen molar-refractivity contribution >= 4 is 5.97 Å². The smallest absolute Gasteiger partial charge is 0.310 e. The average Bonchev–Trinajstić information content (AvgIpc) is 3.26. The van der Waals surface area contributed by atoms with E-state index in [9.17, 15) is 14.3 Å². The number of carboxylic acid groups (broad SMARTS) is 1. The third-order valence-corrected chi connectivity index (χ3v) is 5.53. The van der Waals surface area contributed by atoms with E-state index in [-0.39, 0.29) is 5.82 Å². The van der Waals surface area contributed by atoms with E-state index in [2.05, 4.69) is 4.90 Å². The van der Waals surface area contributed by atoms with Crippen molar-refractivity contribution in [3.8, 4) is 5.69 Å². The molecule has 1 aliphatic heterocycles. The van der Waals surface area contributed by atoms with Crippen LogP contribution in [0.2, 0.25) is 0 Å². The van der Waals surface area contributed by atoms with Crippen molar-refractivity contribution in [2.75, 3.05) is 13.1 Å². The number of nitrogens with zero attached hydrogens (tertiary/aromatic N) is 3. The standard InChI is InChI=1S/C19H22FN3O2/c1-19(18(24)25)9-10-22(12-19)11-16-15-3-2-4-17(15)23(21-16)14-7-5-13(20)6-8-14/h5-8H,2-4,9-12H2,1H3,(H,24,25). The van der Waals surface area contributed by atoms with Crippen LogP contribution < -0.4 is 0 Å². The number of aliphatic carboxylic acids is 1. The number of carbonyl (C=O) groups is 1. The van der Waals surface area contributed by atoms with Gasteiger partial charge in [0, 0.05) is 18.8 Å². The maximum absolute atomic E-state index is 13.2. The predicted molar refractivity (Wildman–Crippen MR) is 91.2 cm³/mol. The van der Waals surface area contributed by atoms with E-state index in [1.165, 1.54) is 23.4 Å². The normalized spacial score (nSPS) is 23.1. The zero-order valence-electron chi connectivity index (χ0n) is 14.3. The maximum atomic E-state index is 13.2. The van der Waals surface area contributed by atoms with E-state index < -0.39 is 11.4 Å². The number of carboxylic acids is 1. The quantitative estimate of drug-likeness (QED) is 0.927. The molecule has 1 fully saturated rings. The van der Waals surface area contributed by atoms with Gasteiger partial charge in [0.25, 0.3) is 0 Å². The largest absolute Gasteiger partial charge is 0.481 e. The highest BCUT2D eigenvalue weighted by Gasteiger charge is 2.40. The minimum atomic E-state index is -0.725. The molecule has 0 bridgehead atoms. The number of fused-ring (bicyclic) bond motifs is 1. The molecule has 1 N–H and O–H groups in total. The zero-order chi connectivity index (χ0) is 17.6. The second-order valence-corrected chi connectivity index (χ2v) is 7.44. The van der Waals surface area contributed by atoms with Crippen LogP contribution in [-0.4, -0.2) is 38.8 Å². The highest BCUT2D eigenvalue weighted by atomic mass is 19.1. The number of benzene rings is 1. The lowest BCUT2D eigenvalue weighted by Crippen LogP contribution is -2.31. The Balaban J connectivity index is 1.60. The van der Waals surface area contributed by atoms with Crippen molar-refractivity contribution in [1.29, 1.82) is 0 Å². The van der Waals surface area contributed by atoms with Gasteiger partial charge in [-0.05, 0) is 69.0 Å². The molecule has 132 valence electrons. The minimum absolute atomic E-state index is 0.252. The highest BCUT2D eigenvalue weighted by Crippen LogP contribution is 2.33. The second-order valence-electron chi connectivity index (χ2n) is 7.44. The number of likely N-dealkylation sites (tertiary alicyclic amines) is 1. The summed E-state index contributed by atoms with van der Waals surface area (Å²) in [7, 11) is 0. The molecule has 1 aromatic heterocycles. The Hall–Kier alpha value is -2.21. The summed E-state index contributed by atoms with van der Waals surface area (Å²) in [6.07, 6.45) is 3.76. The monoisotopic (exact) mass is 343 g/mol. The van der Waals surface area contributed by atoms with Crippen molar-refractivity contribution in [1.82, 2.24) is 14.7 Å². The molecule has 6 heteroatoms. The number of halogens is 1. The molecule has 1 atom stereocenters. The first kappa shape index (κ1) is 16.3. The lowest BCUT2D eigenvalue weighted by molar-refractivity contribution is -0.147. The molecule has 1 unspecified atom stereocenters. The number of hydrogen-bond donors (Lipinski definition) is 1. The molecule has 2 aromatic rings. The Labute approximate surface area is 146 Å². The lowest BCUT2D eigenvalue weighted by atomic mass is 9.90. The molecule has 2 heterocycles. The zero-order valence-corrected chi connectivity index (χ0v) is 14.3. The van der Waals surface area contributed by atoms with E-state index in [1.807, 2.05) is 11.6 Å². The molecule has 1 aliphatic carbocycles. The molecule has 0 radical (unpaired) electrons. The minimum Gasteiger partial charge on any atom is -0.481 e. The van der Waals surface area contributed by atoms with E-state index >= 15 is 0 Å². The molecule has 0 amide bonds. The summed E-state index contributed by atoms with van der Waals surface area (Å²) in [5.41, 5.74) is 3.74. The Morgan fingerprint density at radius 1 is 1.32 bits per heavy atom. The Bertz CT molecular complexity index is 815. The third kappa shape index (κ3) is 2.84. The van der Waals surface area contributed by atoms with Crippen molar-refractivity contribution in [3.05, 3.63) is 47.0 Å². The predicted octanol–water partition coefficient (Wildman–Crippen LogP) is 2.80. The fraction of sp³-hybridized carbons (Fsp3) is 0.474. The summed E-state index contributed by atoms with van der Waals surface area (Å²) in [5, 5.41) is 14.2. The summed E-state index contributed by atoms with van der Waals surface area (Å²) >= 11 is 0. The molecular weight excluding hydrogens is 321 g/mol. The van der Waals surface area contributed by atoms with Gasteiger partial charge in [0.05, 0.1) is 16.8 Å². The first-order chi connectivity index (χ1) is 12.0. The molecule has 25 heavy (non-hydrogen) atoms. The topological polar surface area (TPSA) is 58.4 Å². The van der Waals surface area contributed by atoms with Gasteiger partial charge in [-0.15, -0.1) is 0 Å². The van der Waals surface area contributed by atoms with Crippen LogP contribution >= 0.6 is 0 Å². The van der Waals surface area contributed by atoms with Gasteiger partial charge in [-0.3, -0.25) is 9.69 Å². The SMILES string of the molecule is CC1(C(=O)O)CCN(Cc2nn(-c3ccc(F)cc3)c3c2CCC3)C1. The third-order valence-electron chi connectivity index (χ3n) is 5.53. The van der Waals surface area contributed by atoms with Gasteiger partial charge < -0.3 is 5.11 Å². The van der Waals surface area contributed by atoms with Crippen molar-refractivity contribution < 1.29 is 14.3 Å². The molecule has 4 rings (SSSR count). The van der Waals surface area contributed by atoms with Crippen LogP contribution in [0.1, 0.15) is 36.7 Å². The van der Waals surface area contributed by atoms with Crippen LogP contribution in [0.15, 0.2) is 24.3 Å². The van der Waals surface area contributed by atoms with E-state index in [0.717, 1.165) is 37.2 Å². The van der Waals surface area contributed by atoms with Crippen LogP contribution in [0.4, 0.5) is 4.39 Å². The fourth-order valence-electron chi connectivity index (χ4n) is 4.01. The van der Waals surface area contributed by atoms with Crippen LogP contribution in [-0.2, 0) is 24.2 Å². The van der Waals surface area contributed by atoms with Crippen molar-refractivity contribution in [2.24, 2.45) is 5.41 Å². The van der Waals surface area contributed by atoms with Gasteiger partial charge in [-0.25, -0.2) is 9.07 Å². The first-order valence-corrected chi connectivity index (χ1v) is 8.78. The molecule has 0 saturated carbocycles. The summed E-state index contributed by atoms with van der Waals surface area (Å²) < 4.78 is 15.1. The lowest BCUT2D eigenvalue weighted by Gasteiger charge is -2.19. The number of aromatic nitrogens is 2. The van der Waals surface area contributed by atoms with Gasteiger partial charge in [-0.2, -0.15) is 5.10 Å². The van der Waals surface area contributed by atoms with Gasteiger partial charge in [0.15, 0.2) is 0 Å².